The molecule has 0 aliphatic carbocycles. The first kappa shape index (κ1) is 17.1. The number of halogens is 1. The van der Waals surface area contributed by atoms with Crippen molar-refractivity contribution >= 4 is 17.5 Å². The molecule has 0 unspecified atom stereocenters. The van der Waals surface area contributed by atoms with Gasteiger partial charge in [0.05, 0.1) is 26.2 Å². The van der Waals surface area contributed by atoms with Crippen LogP contribution in [0.15, 0.2) is 18.2 Å². The van der Waals surface area contributed by atoms with Gasteiger partial charge < -0.3 is 19.3 Å². The van der Waals surface area contributed by atoms with Gasteiger partial charge in [-0.1, -0.05) is 17.7 Å². The highest BCUT2D eigenvalue weighted by atomic mass is 35.5. The van der Waals surface area contributed by atoms with Crippen molar-refractivity contribution in [2.24, 2.45) is 0 Å². The molecular formula is C16H23ClN2O3. The summed E-state index contributed by atoms with van der Waals surface area (Å²) in [5, 5.41) is 0.561. The Bertz CT molecular complexity index is 522. The third kappa shape index (κ3) is 4.35. The third-order valence-electron chi connectivity index (χ3n) is 3.68. The number of methoxy groups -OCH3 is 1. The van der Waals surface area contributed by atoms with Crippen LogP contribution < -0.4 is 4.74 Å². The van der Waals surface area contributed by atoms with Crippen LogP contribution in [-0.4, -0.2) is 69.3 Å². The van der Waals surface area contributed by atoms with E-state index in [1.807, 2.05) is 31.1 Å². The van der Waals surface area contributed by atoms with Crippen molar-refractivity contribution in [2.45, 2.75) is 12.5 Å². The maximum Gasteiger partial charge on any atom is 0.227 e. The number of likely N-dealkylation sites (N-methyl/N-ethyl adjacent to an activating group) is 1. The minimum Gasteiger partial charge on any atom is -0.496 e. The quantitative estimate of drug-likeness (QED) is 0.825. The van der Waals surface area contributed by atoms with E-state index in [4.69, 9.17) is 21.1 Å². The summed E-state index contributed by atoms with van der Waals surface area (Å²) in [5.74, 6) is 0.706. The SMILES string of the molecule is COc1cccc(Cl)c1CC(=O)N1CCO[C@@H](CN(C)C)C1. The lowest BCUT2D eigenvalue weighted by Gasteiger charge is -2.34. The molecule has 1 saturated heterocycles. The number of rotatable bonds is 5. The molecule has 1 aromatic carbocycles. The van der Waals surface area contributed by atoms with Crippen LogP contribution in [0.5, 0.6) is 5.75 Å². The summed E-state index contributed by atoms with van der Waals surface area (Å²) in [5.41, 5.74) is 0.743. The average Bonchev–Trinajstić information content (AvgIpc) is 2.48. The molecule has 122 valence electrons. The smallest absolute Gasteiger partial charge is 0.227 e. The Morgan fingerprint density at radius 2 is 2.27 bits per heavy atom. The van der Waals surface area contributed by atoms with Crippen molar-refractivity contribution in [3.05, 3.63) is 28.8 Å². The number of hydrogen-bond acceptors (Lipinski definition) is 4. The monoisotopic (exact) mass is 326 g/mol. The largest absolute Gasteiger partial charge is 0.496 e. The molecule has 1 aliphatic rings. The minimum atomic E-state index is 0.0541. The van der Waals surface area contributed by atoms with Crippen molar-refractivity contribution in [2.75, 3.05) is 47.4 Å². The van der Waals surface area contributed by atoms with Crippen LogP contribution in [0.25, 0.3) is 0 Å². The number of ether oxygens (including phenoxy) is 2. The van der Waals surface area contributed by atoms with Gasteiger partial charge >= 0.3 is 0 Å². The lowest BCUT2D eigenvalue weighted by Crippen LogP contribution is -2.49. The van der Waals surface area contributed by atoms with Gasteiger partial charge in [0, 0.05) is 30.2 Å². The molecule has 0 saturated carbocycles. The highest BCUT2D eigenvalue weighted by Crippen LogP contribution is 2.27. The van der Waals surface area contributed by atoms with Gasteiger partial charge in [0.2, 0.25) is 5.91 Å². The standard InChI is InChI=1S/C16H23ClN2O3/c1-18(2)10-12-11-19(7-8-22-12)16(20)9-13-14(17)5-4-6-15(13)21-3/h4-6,12H,7-11H2,1-3H3/t12-/m0/s1. The molecule has 1 atom stereocenters. The summed E-state index contributed by atoms with van der Waals surface area (Å²) in [6.45, 7) is 2.61. The molecule has 1 amide bonds. The second-order valence-corrected chi connectivity index (χ2v) is 6.10. The van der Waals surface area contributed by atoms with Crippen molar-refractivity contribution in [1.82, 2.24) is 9.80 Å². The number of carbonyl (C=O) groups excluding carboxylic acids is 1. The Kier molecular flexibility index (Phi) is 6.06. The third-order valence-corrected chi connectivity index (χ3v) is 4.04. The molecule has 1 heterocycles. The van der Waals surface area contributed by atoms with Crippen molar-refractivity contribution < 1.29 is 14.3 Å². The van der Waals surface area contributed by atoms with Gasteiger partial charge in [-0.05, 0) is 26.2 Å². The summed E-state index contributed by atoms with van der Waals surface area (Å²) in [7, 11) is 5.58. The second kappa shape index (κ2) is 7.81. The molecule has 0 N–H and O–H groups in total. The molecular weight excluding hydrogens is 304 g/mol. The fraction of sp³-hybridized carbons (Fsp3) is 0.562. The van der Waals surface area contributed by atoms with Gasteiger partial charge in [0.25, 0.3) is 0 Å². The molecule has 1 fully saturated rings. The van der Waals surface area contributed by atoms with E-state index in [2.05, 4.69) is 4.90 Å². The Hall–Kier alpha value is -1.30. The Morgan fingerprint density at radius 1 is 1.50 bits per heavy atom. The summed E-state index contributed by atoms with van der Waals surface area (Å²) >= 11 is 6.21. The number of amides is 1. The van der Waals surface area contributed by atoms with Gasteiger partial charge in [-0.3, -0.25) is 4.79 Å². The van der Waals surface area contributed by atoms with E-state index in [0.717, 1.165) is 12.1 Å². The van der Waals surface area contributed by atoms with E-state index < -0.39 is 0 Å². The van der Waals surface area contributed by atoms with Crippen molar-refractivity contribution in [3.8, 4) is 5.75 Å². The average molecular weight is 327 g/mol. The van der Waals surface area contributed by atoms with Crippen LogP contribution in [0.1, 0.15) is 5.56 Å². The van der Waals surface area contributed by atoms with Gasteiger partial charge in [0.1, 0.15) is 5.75 Å². The van der Waals surface area contributed by atoms with E-state index in [-0.39, 0.29) is 18.4 Å². The predicted octanol–water partition coefficient (Wildman–Crippen LogP) is 1.68. The summed E-state index contributed by atoms with van der Waals surface area (Å²) in [6, 6.07) is 5.42. The van der Waals surface area contributed by atoms with E-state index in [1.165, 1.54) is 0 Å². The molecule has 0 bridgehead atoms. The molecule has 0 aromatic heterocycles. The number of carbonyl (C=O) groups is 1. The van der Waals surface area contributed by atoms with Crippen LogP contribution in [0.4, 0.5) is 0 Å². The molecule has 1 aliphatic heterocycles. The van der Waals surface area contributed by atoms with E-state index in [0.29, 0.717) is 30.5 Å². The van der Waals surface area contributed by atoms with E-state index >= 15 is 0 Å². The lowest BCUT2D eigenvalue weighted by molar-refractivity contribution is -0.138. The zero-order valence-corrected chi connectivity index (χ0v) is 14.1. The second-order valence-electron chi connectivity index (χ2n) is 5.69. The summed E-state index contributed by atoms with van der Waals surface area (Å²) in [4.78, 5) is 16.5. The first-order valence-corrected chi connectivity index (χ1v) is 7.74. The fourth-order valence-electron chi connectivity index (χ4n) is 2.63. The van der Waals surface area contributed by atoms with Gasteiger partial charge in [0.15, 0.2) is 0 Å². The Balaban J connectivity index is 2.03. The zero-order valence-electron chi connectivity index (χ0n) is 13.3. The molecule has 6 heteroatoms. The Labute approximate surface area is 136 Å². The maximum absolute atomic E-state index is 12.6. The van der Waals surface area contributed by atoms with E-state index in [1.54, 1.807) is 13.2 Å². The van der Waals surface area contributed by atoms with Gasteiger partial charge in [-0.2, -0.15) is 0 Å². The first-order chi connectivity index (χ1) is 10.5. The molecule has 1 aromatic rings. The van der Waals surface area contributed by atoms with Crippen LogP contribution in [0, 0.1) is 0 Å². The van der Waals surface area contributed by atoms with E-state index in [9.17, 15) is 4.79 Å². The fourth-order valence-corrected chi connectivity index (χ4v) is 2.86. The van der Waals surface area contributed by atoms with Gasteiger partial charge in [-0.15, -0.1) is 0 Å². The zero-order chi connectivity index (χ0) is 16.1. The number of hydrogen-bond donors (Lipinski definition) is 0. The number of benzene rings is 1. The highest BCUT2D eigenvalue weighted by molar-refractivity contribution is 6.31. The minimum absolute atomic E-state index is 0.0541. The molecule has 22 heavy (non-hydrogen) atoms. The normalized spacial score (nSPS) is 18.6. The van der Waals surface area contributed by atoms with Crippen LogP contribution in [0.3, 0.4) is 0 Å². The number of morpholine rings is 1. The molecule has 0 spiro atoms. The topological polar surface area (TPSA) is 42.0 Å². The van der Waals surface area contributed by atoms with Crippen LogP contribution >= 0.6 is 11.6 Å². The predicted molar refractivity (Wildman–Crippen MR) is 86.6 cm³/mol. The molecule has 0 radical (unpaired) electrons. The lowest BCUT2D eigenvalue weighted by atomic mass is 10.1. The summed E-state index contributed by atoms with van der Waals surface area (Å²) in [6.07, 6.45) is 0.304. The van der Waals surface area contributed by atoms with Crippen molar-refractivity contribution in [3.63, 3.8) is 0 Å². The van der Waals surface area contributed by atoms with Crippen LogP contribution in [0.2, 0.25) is 5.02 Å². The molecule has 5 nitrogen and oxygen atoms in total. The first-order valence-electron chi connectivity index (χ1n) is 7.36. The maximum atomic E-state index is 12.6. The number of nitrogens with zero attached hydrogens (tertiary/aromatic N) is 2. The summed E-state index contributed by atoms with van der Waals surface area (Å²) < 4.78 is 11.0. The van der Waals surface area contributed by atoms with Crippen molar-refractivity contribution in [1.29, 1.82) is 0 Å². The van der Waals surface area contributed by atoms with Crippen LogP contribution in [-0.2, 0) is 16.0 Å². The van der Waals surface area contributed by atoms with Gasteiger partial charge in [-0.25, -0.2) is 0 Å². The highest BCUT2D eigenvalue weighted by Gasteiger charge is 2.25. The molecule has 2 rings (SSSR count). The Morgan fingerprint density at radius 3 is 2.95 bits per heavy atom.